The summed E-state index contributed by atoms with van der Waals surface area (Å²) in [6.45, 7) is 8.23. The number of anilines is 1. The number of rotatable bonds is 7. The Kier molecular flexibility index (Phi) is 5.91. The molecule has 138 valence electrons. The van der Waals surface area contributed by atoms with Gasteiger partial charge in [0, 0.05) is 36.4 Å². The molecule has 0 atom stereocenters. The average Bonchev–Trinajstić information content (AvgIpc) is 2.90. The predicted octanol–water partition coefficient (Wildman–Crippen LogP) is 5.13. The second-order valence-corrected chi connectivity index (χ2v) is 14.4. The van der Waals surface area contributed by atoms with E-state index in [4.69, 9.17) is 22.1 Å². The normalized spacial score (nSPS) is 12.0. The number of fused-ring (bicyclic) bond motifs is 1. The number of aromatic nitrogens is 3. The first kappa shape index (κ1) is 19.2. The number of nitrogens with two attached hydrogens (primary N) is 1. The van der Waals surface area contributed by atoms with Gasteiger partial charge in [0.1, 0.15) is 23.9 Å². The molecule has 0 fully saturated rings. The summed E-state index contributed by atoms with van der Waals surface area (Å²) in [5.74, 6) is 0. The molecule has 1 aromatic carbocycles. The largest absolute Gasteiger partial charge is 0.399 e. The van der Waals surface area contributed by atoms with E-state index in [1.54, 1.807) is 11.8 Å². The van der Waals surface area contributed by atoms with E-state index in [1.807, 2.05) is 35.0 Å². The van der Waals surface area contributed by atoms with Gasteiger partial charge in [-0.25, -0.2) is 9.97 Å². The van der Waals surface area contributed by atoms with Crippen molar-refractivity contribution in [1.82, 2.24) is 14.5 Å². The summed E-state index contributed by atoms with van der Waals surface area (Å²) in [7, 11) is -1.11. The summed E-state index contributed by atoms with van der Waals surface area (Å²) >= 11 is 7.95. The smallest absolute Gasteiger partial charge is 0.147 e. The Morgan fingerprint density at radius 2 is 2.08 bits per heavy atom. The molecule has 2 aromatic heterocycles. The molecular weight excluding hydrogens is 384 g/mol. The van der Waals surface area contributed by atoms with Gasteiger partial charge in [-0.15, -0.1) is 0 Å². The highest BCUT2D eigenvalue weighted by molar-refractivity contribution is 7.99. The molecule has 2 N–H and O–H groups in total. The fourth-order valence-electron chi connectivity index (χ4n) is 2.47. The van der Waals surface area contributed by atoms with Gasteiger partial charge in [0.25, 0.3) is 0 Å². The minimum Gasteiger partial charge on any atom is -0.399 e. The Balaban J connectivity index is 1.84. The van der Waals surface area contributed by atoms with Gasteiger partial charge in [-0.1, -0.05) is 49.1 Å². The van der Waals surface area contributed by atoms with Crippen molar-refractivity contribution in [3.05, 3.63) is 41.9 Å². The standard InChI is InChI=1S/C18H23ClN4OSSi/c1-26(2,3)8-7-24-12-23-10-15(16-17(19)21-11-22-18(16)23)25-14-6-4-5-13(20)9-14/h4-6,9-11H,7-8,12,20H2,1-3H3. The average molecular weight is 407 g/mol. The summed E-state index contributed by atoms with van der Waals surface area (Å²) in [6.07, 6.45) is 3.51. The number of nitrogens with zero attached hydrogens (tertiary/aromatic N) is 3. The van der Waals surface area contributed by atoms with Crippen LogP contribution in [0.3, 0.4) is 0 Å². The van der Waals surface area contributed by atoms with Crippen LogP contribution < -0.4 is 5.73 Å². The lowest BCUT2D eigenvalue weighted by molar-refractivity contribution is 0.0896. The summed E-state index contributed by atoms with van der Waals surface area (Å²) < 4.78 is 7.88. The molecule has 0 spiro atoms. The number of ether oxygens (including phenoxy) is 1. The van der Waals surface area contributed by atoms with Crippen LogP contribution in [0.1, 0.15) is 0 Å². The lowest BCUT2D eigenvalue weighted by Gasteiger charge is -2.15. The van der Waals surface area contributed by atoms with Crippen molar-refractivity contribution in [1.29, 1.82) is 0 Å². The first-order valence-corrected chi connectivity index (χ1v) is 13.3. The molecule has 2 heterocycles. The van der Waals surface area contributed by atoms with Crippen molar-refractivity contribution in [3.63, 3.8) is 0 Å². The summed E-state index contributed by atoms with van der Waals surface area (Å²) in [5, 5.41) is 1.29. The number of halogens is 1. The van der Waals surface area contributed by atoms with Crippen LogP contribution in [0.15, 0.2) is 46.6 Å². The third-order valence-electron chi connectivity index (χ3n) is 3.89. The van der Waals surface area contributed by atoms with Crippen molar-refractivity contribution in [3.8, 4) is 0 Å². The van der Waals surface area contributed by atoms with Crippen molar-refractivity contribution in [2.24, 2.45) is 0 Å². The quantitative estimate of drug-likeness (QED) is 0.255. The first-order valence-electron chi connectivity index (χ1n) is 8.44. The van der Waals surface area contributed by atoms with E-state index in [9.17, 15) is 0 Å². The maximum Gasteiger partial charge on any atom is 0.147 e. The molecule has 0 bridgehead atoms. The number of hydrogen-bond acceptors (Lipinski definition) is 5. The van der Waals surface area contributed by atoms with Crippen LogP contribution in [0.25, 0.3) is 11.0 Å². The topological polar surface area (TPSA) is 66.0 Å². The monoisotopic (exact) mass is 406 g/mol. The van der Waals surface area contributed by atoms with E-state index in [2.05, 4.69) is 29.6 Å². The molecule has 0 saturated carbocycles. The molecule has 3 aromatic rings. The van der Waals surface area contributed by atoms with Crippen molar-refractivity contribution in [2.75, 3.05) is 12.3 Å². The minimum atomic E-state index is -1.11. The van der Waals surface area contributed by atoms with Gasteiger partial charge in [-0.3, -0.25) is 0 Å². The number of benzene rings is 1. The van der Waals surface area contributed by atoms with Crippen molar-refractivity contribution >= 4 is 48.2 Å². The molecule has 26 heavy (non-hydrogen) atoms. The molecule has 0 aliphatic heterocycles. The Labute approximate surface area is 163 Å². The van der Waals surface area contributed by atoms with Gasteiger partial charge in [0.15, 0.2) is 0 Å². The van der Waals surface area contributed by atoms with Gasteiger partial charge in [-0.05, 0) is 24.2 Å². The lowest BCUT2D eigenvalue weighted by Crippen LogP contribution is -2.22. The fraction of sp³-hybridized carbons (Fsp3) is 0.333. The zero-order chi connectivity index (χ0) is 18.7. The molecule has 0 saturated heterocycles. The van der Waals surface area contributed by atoms with Crippen LogP contribution >= 0.6 is 23.4 Å². The van der Waals surface area contributed by atoms with Gasteiger partial charge in [0.05, 0.1) is 5.39 Å². The van der Waals surface area contributed by atoms with Gasteiger partial charge < -0.3 is 15.0 Å². The summed E-state index contributed by atoms with van der Waals surface area (Å²) in [5.41, 5.74) is 7.40. The molecule has 0 unspecified atom stereocenters. The molecule has 0 aliphatic carbocycles. The Bertz CT molecular complexity index is 910. The Morgan fingerprint density at radius 3 is 2.81 bits per heavy atom. The molecule has 0 amide bonds. The number of nitrogen functional groups attached to an aromatic ring is 1. The predicted molar refractivity (Wildman–Crippen MR) is 112 cm³/mol. The Morgan fingerprint density at radius 1 is 1.27 bits per heavy atom. The molecule has 8 heteroatoms. The maximum atomic E-state index is 6.36. The van der Waals surface area contributed by atoms with E-state index in [0.29, 0.717) is 11.9 Å². The molecule has 3 rings (SSSR count). The highest BCUT2D eigenvalue weighted by atomic mass is 35.5. The highest BCUT2D eigenvalue weighted by Gasteiger charge is 2.16. The third-order valence-corrected chi connectivity index (χ3v) is 6.89. The van der Waals surface area contributed by atoms with Crippen LogP contribution in [0.2, 0.25) is 30.8 Å². The van der Waals surface area contributed by atoms with E-state index < -0.39 is 8.07 Å². The second kappa shape index (κ2) is 8.00. The molecule has 5 nitrogen and oxygen atoms in total. The SMILES string of the molecule is C[Si](C)(C)CCOCn1cc(Sc2cccc(N)c2)c2c(Cl)ncnc21. The van der Waals surface area contributed by atoms with Gasteiger partial charge in [-0.2, -0.15) is 0 Å². The number of hydrogen-bond donors (Lipinski definition) is 1. The van der Waals surface area contributed by atoms with Crippen LogP contribution in [0, 0.1) is 0 Å². The Hall–Kier alpha value is -1.54. The third kappa shape index (κ3) is 4.79. The maximum absolute atomic E-state index is 6.36. The van der Waals surface area contributed by atoms with Gasteiger partial charge >= 0.3 is 0 Å². The summed E-state index contributed by atoms with van der Waals surface area (Å²) in [4.78, 5) is 10.6. The molecule has 0 radical (unpaired) electrons. The second-order valence-electron chi connectivity index (χ2n) is 7.35. The van der Waals surface area contributed by atoms with Crippen LogP contribution in [-0.2, 0) is 11.5 Å². The summed E-state index contributed by atoms with van der Waals surface area (Å²) in [6, 6.07) is 8.90. The first-order chi connectivity index (χ1) is 12.3. The molecule has 0 aliphatic rings. The lowest BCUT2D eigenvalue weighted by atomic mass is 10.3. The van der Waals surface area contributed by atoms with Crippen molar-refractivity contribution in [2.45, 2.75) is 42.2 Å². The van der Waals surface area contributed by atoms with E-state index >= 15 is 0 Å². The van der Waals surface area contributed by atoms with E-state index in [-0.39, 0.29) is 0 Å². The minimum absolute atomic E-state index is 0.447. The van der Waals surface area contributed by atoms with Crippen molar-refractivity contribution < 1.29 is 4.74 Å². The fourth-order valence-corrected chi connectivity index (χ4v) is 4.58. The molecular formula is C18H23ClN4OSSi. The van der Waals surface area contributed by atoms with E-state index in [0.717, 1.165) is 39.2 Å². The highest BCUT2D eigenvalue weighted by Crippen LogP contribution is 2.37. The van der Waals surface area contributed by atoms with E-state index in [1.165, 1.54) is 6.33 Å². The van der Waals surface area contributed by atoms with Crippen LogP contribution in [-0.4, -0.2) is 29.2 Å². The van der Waals surface area contributed by atoms with Crippen LogP contribution in [0.5, 0.6) is 0 Å². The van der Waals surface area contributed by atoms with Gasteiger partial charge in [0.2, 0.25) is 0 Å². The zero-order valence-corrected chi connectivity index (χ0v) is 17.8. The zero-order valence-electron chi connectivity index (χ0n) is 15.2. The van der Waals surface area contributed by atoms with Crippen LogP contribution in [0.4, 0.5) is 5.69 Å².